The van der Waals surface area contributed by atoms with E-state index in [1.54, 1.807) is 6.92 Å². The molecule has 0 spiro atoms. The molecule has 0 aromatic carbocycles. The van der Waals surface area contributed by atoms with Gasteiger partial charge in [-0.15, -0.1) is 0 Å². The second-order valence-corrected chi connectivity index (χ2v) is 15.8. The third kappa shape index (κ3) is 6.00. The Kier molecular flexibility index (Phi) is 10.1. The van der Waals surface area contributed by atoms with Crippen molar-refractivity contribution in [3.63, 3.8) is 0 Å². The fraction of sp³-hybridized carbons (Fsp3) is 0.806. The molecule has 4 aliphatic rings. The van der Waals surface area contributed by atoms with Crippen LogP contribution in [0.5, 0.6) is 0 Å². The number of fused-ring (bicyclic) bond motifs is 3. The van der Waals surface area contributed by atoms with Crippen LogP contribution in [0.4, 0.5) is 0 Å². The number of carbonyl (C=O) groups is 1. The lowest BCUT2D eigenvalue weighted by Crippen LogP contribution is -2.65. The largest absolute Gasteiger partial charge is 0.481 e. The van der Waals surface area contributed by atoms with Gasteiger partial charge in [0, 0.05) is 6.42 Å². The number of allylic oxidation sites excluding steroid dienone is 3. The van der Waals surface area contributed by atoms with Gasteiger partial charge in [0.2, 0.25) is 0 Å². The van der Waals surface area contributed by atoms with Crippen LogP contribution >= 0.6 is 0 Å². The van der Waals surface area contributed by atoms with Gasteiger partial charge in [0.25, 0.3) is 0 Å². The molecular formula is C36H58O8. The minimum atomic E-state index is -1.44. The number of hydrogen-bond acceptors (Lipinski definition) is 7. The maximum absolute atomic E-state index is 12.1. The zero-order valence-electron chi connectivity index (χ0n) is 28.0. The van der Waals surface area contributed by atoms with Crippen LogP contribution < -0.4 is 0 Å². The SMILES string of the molecule is C=C(C)/C=C/C[C@](C)(O)[C@H]1CC[C@]2(C)C1[C@H](OC1OC(C)C(O)C(O)C1O)CC1[C@@](C)(CCC(=O)O)[C@H](C(=C)C)CC[C@]12C. The molecule has 0 aromatic rings. The van der Waals surface area contributed by atoms with Crippen molar-refractivity contribution in [1.29, 1.82) is 0 Å². The molecule has 0 bridgehead atoms. The van der Waals surface area contributed by atoms with E-state index in [-0.39, 0.29) is 46.3 Å². The highest BCUT2D eigenvalue weighted by atomic mass is 16.7. The van der Waals surface area contributed by atoms with Gasteiger partial charge in [-0.05, 0) is 113 Å². The Morgan fingerprint density at radius 1 is 1.05 bits per heavy atom. The standard InChI is InChI=1S/C36H58O8/c1-20(2)11-10-15-36(9,42)24-13-18-35(8)28(24)25(44-32-31(41)30(40)29(39)22(5)43-32)19-26-33(6,16-14-27(37)38)23(21(3)4)12-17-34(26,35)7/h10-11,22-26,28-32,39-42H,1,3,12-19H2,2,4-9H3,(H,37,38)/b11-10+/t22?,23-,24-,25+,26?,28?,29?,30?,31?,32?,33-,34+,35+,36-/m0/s1. The molecule has 14 atom stereocenters. The summed E-state index contributed by atoms with van der Waals surface area (Å²) >= 11 is 0. The van der Waals surface area contributed by atoms with E-state index in [0.717, 1.165) is 36.8 Å². The van der Waals surface area contributed by atoms with Crippen LogP contribution in [0.3, 0.4) is 0 Å². The molecule has 8 nitrogen and oxygen atoms in total. The molecule has 44 heavy (non-hydrogen) atoms. The lowest BCUT2D eigenvalue weighted by atomic mass is 9.37. The van der Waals surface area contributed by atoms with Crippen LogP contribution in [0.25, 0.3) is 0 Å². The molecule has 3 aliphatic carbocycles. The molecule has 1 aliphatic heterocycles. The van der Waals surface area contributed by atoms with Crippen molar-refractivity contribution in [2.75, 3.05) is 0 Å². The monoisotopic (exact) mass is 618 g/mol. The van der Waals surface area contributed by atoms with Gasteiger partial charge >= 0.3 is 5.97 Å². The zero-order chi connectivity index (χ0) is 33.0. The summed E-state index contributed by atoms with van der Waals surface area (Å²) < 4.78 is 12.7. The Bertz CT molecular complexity index is 1130. The maximum Gasteiger partial charge on any atom is 0.303 e. The van der Waals surface area contributed by atoms with Gasteiger partial charge in [-0.25, -0.2) is 0 Å². The summed E-state index contributed by atoms with van der Waals surface area (Å²) in [6, 6.07) is 0. The summed E-state index contributed by atoms with van der Waals surface area (Å²) in [5.41, 5.74) is 0.172. The Hall–Kier alpha value is -1.55. The van der Waals surface area contributed by atoms with Crippen LogP contribution in [0.15, 0.2) is 36.5 Å². The van der Waals surface area contributed by atoms with E-state index in [1.807, 2.05) is 26.0 Å². The van der Waals surface area contributed by atoms with Gasteiger partial charge in [0.15, 0.2) is 6.29 Å². The summed E-state index contributed by atoms with van der Waals surface area (Å²) in [6.45, 7) is 22.8. The Morgan fingerprint density at radius 3 is 2.27 bits per heavy atom. The summed E-state index contributed by atoms with van der Waals surface area (Å²) in [7, 11) is 0. The van der Waals surface area contributed by atoms with E-state index >= 15 is 0 Å². The molecule has 5 N–H and O–H groups in total. The fourth-order valence-electron chi connectivity index (χ4n) is 10.4. The second kappa shape index (κ2) is 12.6. The number of rotatable bonds is 10. The molecule has 8 heteroatoms. The molecule has 1 heterocycles. The lowest BCUT2D eigenvalue weighted by molar-refractivity contribution is -0.327. The molecule has 4 rings (SSSR count). The average molecular weight is 619 g/mol. The van der Waals surface area contributed by atoms with Crippen LogP contribution in [0, 0.1) is 39.9 Å². The number of aliphatic hydroxyl groups excluding tert-OH is 3. The van der Waals surface area contributed by atoms with Crippen molar-refractivity contribution in [3.8, 4) is 0 Å². The van der Waals surface area contributed by atoms with E-state index in [0.29, 0.717) is 19.3 Å². The molecule has 3 saturated carbocycles. The second-order valence-electron chi connectivity index (χ2n) is 15.8. The van der Waals surface area contributed by atoms with E-state index in [1.165, 1.54) is 0 Å². The van der Waals surface area contributed by atoms with Crippen molar-refractivity contribution in [1.82, 2.24) is 0 Å². The summed E-state index contributed by atoms with van der Waals surface area (Å²) in [6.07, 6.45) is 2.73. The van der Waals surface area contributed by atoms with E-state index < -0.39 is 48.4 Å². The van der Waals surface area contributed by atoms with Gasteiger partial charge in [0.1, 0.15) is 18.3 Å². The van der Waals surface area contributed by atoms with E-state index in [9.17, 15) is 30.3 Å². The number of hydrogen-bond donors (Lipinski definition) is 5. The smallest absolute Gasteiger partial charge is 0.303 e. The first kappa shape index (κ1) is 35.3. The molecular weight excluding hydrogens is 560 g/mol. The summed E-state index contributed by atoms with van der Waals surface area (Å²) in [5, 5.41) is 53.8. The topological polar surface area (TPSA) is 137 Å². The normalized spacial score (nSPS) is 47.1. The molecule has 0 aromatic heterocycles. The summed E-state index contributed by atoms with van der Waals surface area (Å²) in [5.74, 6) is -0.773. The molecule has 250 valence electrons. The number of carboxylic acids is 1. The first-order valence-corrected chi connectivity index (χ1v) is 16.6. The van der Waals surface area contributed by atoms with Crippen LogP contribution in [-0.4, -0.2) is 73.9 Å². The van der Waals surface area contributed by atoms with E-state index in [2.05, 4.69) is 40.9 Å². The fourth-order valence-corrected chi connectivity index (χ4v) is 10.4. The Labute approximate surface area is 264 Å². The Balaban J connectivity index is 1.81. The highest BCUT2D eigenvalue weighted by molar-refractivity contribution is 5.66. The van der Waals surface area contributed by atoms with Gasteiger partial charge < -0.3 is 35.0 Å². The minimum Gasteiger partial charge on any atom is -0.481 e. The first-order valence-electron chi connectivity index (χ1n) is 16.6. The molecule has 0 radical (unpaired) electrons. The van der Waals surface area contributed by atoms with Crippen molar-refractivity contribution in [2.24, 2.45) is 39.9 Å². The van der Waals surface area contributed by atoms with Crippen LogP contribution in [0.2, 0.25) is 0 Å². The molecule has 7 unspecified atom stereocenters. The number of ether oxygens (including phenoxy) is 2. The van der Waals surface area contributed by atoms with Crippen molar-refractivity contribution in [2.45, 2.75) is 142 Å². The van der Waals surface area contributed by atoms with Crippen molar-refractivity contribution < 1.29 is 39.8 Å². The van der Waals surface area contributed by atoms with Crippen molar-refractivity contribution >= 4 is 5.97 Å². The number of aliphatic hydroxyl groups is 4. The predicted molar refractivity (Wildman–Crippen MR) is 169 cm³/mol. The van der Waals surface area contributed by atoms with Crippen LogP contribution in [0.1, 0.15) is 99.8 Å². The van der Waals surface area contributed by atoms with Gasteiger partial charge in [-0.3, -0.25) is 4.79 Å². The minimum absolute atomic E-state index is 0.0664. The Morgan fingerprint density at radius 2 is 1.68 bits per heavy atom. The number of aliphatic carboxylic acids is 1. The highest BCUT2D eigenvalue weighted by Gasteiger charge is 2.70. The van der Waals surface area contributed by atoms with Crippen molar-refractivity contribution in [3.05, 3.63) is 36.5 Å². The maximum atomic E-state index is 12.1. The van der Waals surface area contributed by atoms with Gasteiger partial charge in [0.05, 0.1) is 17.8 Å². The first-order chi connectivity index (χ1) is 20.3. The van der Waals surface area contributed by atoms with Crippen LogP contribution in [-0.2, 0) is 14.3 Å². The van der Waals surface area contributed by atoms with Gasteiger partial charge in [-0.1, -0.05) is 57.2 Å². The predicted octanol–water partition coefficient (Wildman–Crippen LogP) is 5.39. The third-order valence-corrected chi connectivity index (χ3v) is 13.0. The third-order valence-electron chi connectivity index (χ3n) is 13.0. The van der Waals surface area contributed by atoms with Gasteiger partial charge in [-0.2, -0.15) is 0 Å². The highest BCUT2D eigenvalue weighted by Crippen LogP contribution is 2.74. The molecule has 1 saturated heterocycles. The average Bonchev–Trinajstić information content (AvgIpc) is 3.30. The molecule has 4 fully saturated rings. The van der Waals surface area contributed by atoms with E-state index in [4.69, 9.17) is 9.47 Å². The lowest BCUT2D eigenvalue weighted by Gasteiger charge is -2.68. The number of carboxylic acid groups (broad SMARTS) is 1. The zero-order valence-corrected chi connectivity index (χ0v) is 28.0. The molecule has 0 amide bonds. The quantitative estimate of drug-likeness (QED) is 0.125. The summed E-state index contributed by atoms with van der Waals surface area (Å²) in [4.78, 5) is 11.9.